The molecule has 4 nitrogen and oxygen atoms in total. The van der Waals surface area contributed by atoms with Crippen molar-refractivity contribution in [2.75, 3.05) is 32.7 Å². The second-order valence-electron chi connectivity index (χ2n) is 5.83. The van der Waals surface area contributed by atoms with E-state index in [-0.39, 0.29) is 11.3 Å². The number of hydrogen-bond acceptors (Lipinski definition) is 3. The Balaban J connectivity index is 2.43. The lowest BCUT2D eigenvalue weighted by Gasteiger charge is -2.35. The largest absolute Gasteiger partial charge is 0.342 e. The summed E-state index contributed by atoms with van der Waals surface area (Å²) in [5, 5.41) is 9.10. The summed E-state index contributed by atoms with van der Waals surface area (Å²) < 4.78 is 0. The second-order valence-corrected chi connectivity index (χ2v) is 5.83. The van der Waals surface area contributed by atoms with Crippen molar-refractivity contribution in [2.45, 2.75) is 46.5 Å². The lowest BCUT2D eigenvalue weighted by atomic mass is 9.82. The highest BCUT2D eigenvalue weighted by molar-refractivity contribution is 5.78. The molecule has 0 unspecified atom stereocenters. The number of nitrogens with zero attached hydrogens (tertiary/aromatic N) is 3. The molecule has 108 valence electrons. The van der Waals surface area contributed by atoms with Crippen molar-refractivity contribution in [1.29, 1.82) is 5.26 Å². The first kappa shape index (κ1) is 16.0. The highest BCUT2D eigenvalue weighted by atomic mass is 16.2. The number of carbonyl (C=O) groups excluding carboxylic acids is 1. The molecule has 0 aromatic heterocycles. The van der Waals surface area contributed by atoms with E-state index < -0.39 is 0 Å². The van der Waals surface area contributed by atoms with Gasteiger partial charge < -0.3 is 4.90 Å². The fourth-order valence-corrected chi connectivity index (χ4v) is 2.51. The van der Waals surface area contributed by atoms with Gasteiger partial charge in [0, 0.05) is 26.2 Å². The van der Waals surface area contributed by atoms with Crippen LogP contribution in [0.3, 0.4) is 0 Å². The number of carbonyl (C=O) groups is 1. The topological polar surface area (TPSA) is 47.3 Å². The Morgan fingerprint density at radius 2 is 1.79 bits per heavy atom. The van der Waals surface area contributed by atoms with E-state index in [1.54, 1.807) is 0 Å². The molecular formula is C15H27N3O. The van der Waals surface area contributed by atoms with Gasteiger partial charge in [0.15, 0.2) is 0 Å². The van der Waals surface area contributed by atoms with E-state index >= 15 is 0 Å². The average molecular weight is 265 g/mol. The van der Waals surface area contributed by atoms with Gasteiger partial charge in [-0.05, 0) is 32.6 Å². The minimum absolute atomic E-state index is 0.188. The van der Waals surface area contributed by atoms with Crippen LogP contribution in [0.25, 0.3) is 0 Å². The van der Waals surface area contributed by atoms with Crippen molar-refractivity contribution >= 4 is 5.91 Å². The monoisotopic (exact) mass is 265 g/mol. The lowest BCUT2D eigenvalue weighted by Crippen LogP contribution is -2.45. The standard InChI is InChI=1S/C15H27N3O/c1-4-8-18(9-5-2)14(19)12-17-10-6-15(3,13-16)7-11-17/h4-12H2,1-3H3. The number of nitriles is 1. The van der Waals surface area contributed by atoms with Crippen LogP contribution in [0.1, 0.15) is 46.5 Å². The van der Waals surface area contributed by atoms with Crippen LogP contribution in [0, 0.1) is 16.7 Å². The van der Waals surface area contributed by atoms with Gasteiger partial charge in [0.2, 0.25) is 5.91 Å². The van der Waals surface area contributed by atoms with E-state index in [2.05, 4.69) is 24.8 Å². The SMILES string of the molecule is CCCN(CCC)C(=O)CN1CCC(C)(C#N)CC1. The molecule has 19 heavy (non-hydrogen) atoms. The molecule has 0 radical (unpaired) electrons. The van der Waals surface area contributed by atoms with Crippen LogP contribution in [-0.2, 0) is 4.79 Å². The maximum Gasteiger partial charge on any atom is 0.236 e. The average Bonchev–Trinajstić information content (AvgIpc) is 2.41. The van der Waals surface area contributed by atoms with Gasteiger partial charge in [-0.25, -0.2) is 0 Å². The first-order valence-electron chi connectivity index (χ1n) is 7.46. The maximum absolute atomic E-state index is 12.2. The van der Waals surface area contributed by atoms with E-state index in [1.165, 1.54) is 0 Å². The van der Waals surface area contributed by atoms with Gasteiger partial charge in [-0.3, -0.25) is 9.69 Å². The lowest BCUT2D eigenvalue weighted by molar-refractivity contribution is -0.133. The summed E-state index contributed by atoms with van der Waals surface area (Å²) in [7, 11) is 0. The van der Waals surface area contributed by atoms with Gasteiger partial charge >= 0.3 is 0 Å². The van der Waals surface area contributed by atoms with Gasteiger partial charge in [0.1, 0.15) is 0 Å². The molecule has 1 amide bonds. The third-order valence-electron chi connectivity index (χ3n) is 3.93. The van der Waals surface area contributed by atoms with Gasteiger partial charge in [0.25, 0.3) is 0 Å². The Bertz CT molecular complexity index is 321. The first-order chi connectivity index (χ1) is 9.04. The zero-order chi connectivity index (χ0) is 14.3. The van der Waals surface area contributed by atoms with Crippen LogP contribution in [-0.4, -0.2) is 48.4 Å². The number of piperidine rings is 1. The number of rotatable bonds is 6. The fraction of sp³-hybridized carbons (Fsp3) is 0.867. The van der Waals surface area contributed by atoms with Gasteiger partial charge in [-0.1, -0.05) is 13.8 Å². The molecule has 1 fully saturated rings. The summed E-state index contributed by atoms with van der Waals surface area (Å²) in [6, 6.07) is 2.40. The molecule has 0 bridgehead atoms. The fourth-order valence-electron chi connectivity index (χ4n) is 2.51. The third-order valence-corrected chi connectivity index (χ3v) is 3.93. The Labute approximate surface area is 117 Å². The Morgan fingerprint density at radius 1 is 1.26 bits per heavy atom. The Kier molecular flexibility index (Phi) is 6.30. The van der Waals surface area contributed by atoms with E-state index in [1.807, 2.05) is 11.8 Å². The van der Waals surface area contributed by atoms with Crippen LogP contribution in [0.15, 0.2) is 0 Å². The summed E-state index contributed by atoms with van der Waals surface area (Å²) >= 11 is 0. The van der Waals surface area contributed by atoms with Gasteiger partial charge in [-0.2, -0.15) is 5.26 Å². The molecule has 0 aliphatic carbocycles. The summed E-state index contributed by atoms with van der Waals surface area (Å²) in [6.45, 7) is 10.2. The summed E-state index contributed by atoms with van der Waals surface area (Å²) in [4.78, 5) is 16.4. The molecule has 1 saturated heterocycles. The zero-order valence-electron chi connectivity index (χ0n) is 12.6. The van der Waals surface area contributed by atoms with Crippen LogP contribution >= 0.6 is 0 Å². The normalized spacial score (nSPS) is 18.8. The number of likely N-dealkylation sites (tertiary alicyclic amines) is 1. The van der Waals surface area contributed by atoms with Crippen LogP contribution < -0.4 is 0 Å². The Morgan fingerprint density at radius 3 is 2.21 bits per heavy atom. The maximum atomic E-state index is 12.2. The van der Waals surface area contributed by atoms with Crippen molar-refractivity contribution < 1.29 is 4.79 Å². The molecule has 0 saturated carbocycles. The van der Waals surface area contributed by atoms with E-state index in [0.717, 1.165) is 51.9 Å². The predicted molar refractivity (Wildman–Crippen MR) is 76.6 cm³/mol. The number of amides is 1. The van der Waals surface area contributed by atoms with Crippen molar-refractivity contribution in [1.82, 2.24) is 9.80 Å². The predicted octanol–water partition coefficient (Wildman–Crippen LogP) is 2.26. The first-order valence-corrected chi connectivity index (χ1v) is 7.46. The molecule has 1 heterocycles. The van der Waals surface area contributed by atoms with Crippen molar-refractivity contribution in [2.24, 2.45) is 5.41 Å². The molecule has 1 aliphatic rings. The van der Waals surface area contributed by atoms with Crippen LogP contribution in [0.4, 0.5) is 0 Å². The molecule has 0 atom stereocenters. The summed E-state index contributed by atoms with van der Waals surface area (Å²) in [6.07, 6.45) is 3.77. The van der Waals surface area contributed by atoms with E-state index in [9.17, 15) is 4.79 Å². The molecule has 1 rings (SSSR count). The molecule has 4 heteroatoms. The van der Waals surface area contributed by atoms with Crippen molar-refractivity contribution in [3.05, 3.63) is 0 Å². The third kappa shape index (κ3) is 4.83. The smallest absolute Gasteiger partial charge is 0.236 e. The van der Waals surface area contributed by atoms with Crippen molar-refractivity contribution in [3.8, 4) is 6.07 Å². The Hall–Kier alpha value is -1.08. The molecule has 0 aromatic rings. The minimum Gasteiger partial charge on any atom is -0.342 e. The highest BCUT2D eigenvalue weighted by Gasteiger charge is 2.30. The van der Waals surface area contributed by atoms with Crippen LogP contribution in [0.2, 0.25) is 0 Å². The highest BCUT2D eigenvalue weighted by Crippen LogP contribution is 2.29. The second kappa shape index (κ2) is 7.49. The minimum atomic E-state index is -0.188. The molecular weight excluding hydrogens is 238 g/mol. The molecule has 1 aliphatic heterocycles. The quantitative estimate of drug-likeness (QED) is 0.740. The molecule has 0 N–H and O–H groups in total. The van der Waals surface area contributed by atoms with Crippen molar-refractivity contribution in [3.63, 3.8) is 0 Å². The van der Waals surface area contributed by atoms with Gasteiger partial charge in [-0.15, -0.1) is 0 Å². The van der Waals surface area contributed by atoms with Crippen LogP contribution in [0.5, 0.6) is 0 Å². The van der Waals surface area contributed by atoms with E-state index in [4.69, 9.17) is 5.26 Å². The van der Waals surface area contributed by atoms with Gasteiger partial charge in [0.05, 0.1) is 18.0 Å². The number of hydrogen-bond donors (Lipinski definition) is 0. The van der Waals surface area contributed by atoms with E-state index in [0.29, 0.717) is 6.54 Å². The zero-order valence-corrected chi connectivity index (χ0v) is 12.6. The summed E-state index contributed by atoms with van der Waals surface area (Å²) in [5.74, 6) is 0.240. The molecule has 0 aromatic carbocycles. The summed E-state index contributed by atoms with van der Waals surface area (Å²) in [5.41, 5.74) is -0.188. The molecule has 0 spiro atoms.